The number of aromatic nitrogens is 1. The van der Waals surface area contributed by atoms with Crippen molar-refractivity contribution in [3.8, 4) is 28.4 Å². The van der Waals surface area contributed by atoms with Crippen LogP contribution in [-0.4, -0.2) is 32.1 Å². The predicted molar refractivity (Wildman–Crippen MR) is 104 cm³/mol. The molecule has 0 fully saturated rings. The summed E-state index contributed by atoms with van der Waals surface area (Å²) in [5, 5.41) is 0.337. The molecule has 0 saturated carbocycles. The minimum absolute atomic E-state index is 0.150. The van der Waals surface area contributed by atoms with Gasteiger partial charge in [-0.2, -0.15) is 0 Å². The Hall–Kier alpha value is -3.05. The monoisotopic (exact) mass is 383 g/mol. The Kier molecular flexibility index (Phi) is 5.62. The van der Waals surface area contributed by atoms with E-state index >= 15 is 0 Å². The first-order valence-electron chi connectivity index (χ1n) is 8.14. The molecule has 0 radical (unpaired) electrons. The second-order valence-corrected chi connectivity index (χ2v) is 6.05. The fourth-order valence-electron chi connectivity index (χ4n) is 2.84. The lowest BCUT2D eigenvalue weighted by Gasteiger charge is -2.15. The zero-order chi connectivity index (χ0) is 19.4. The highest BCUT2D eigenvalue weighted by Gasteiger charge is 2.19. The average Bonchev–Trinajstić information content (AvgIpc) is 2.72. The van der Waals surface area contributed by atoms with E-state index in [-0.39, 0.29) is 5.78 Å². The quantitative estimate of drug-likeness (QED) is 0.457. The molecule has 3 rings (SSSR count). The molecular formula is C21H18ClNO4. The second-order valence-electron chi connectivity index (χ2n) is 5.66. The predicted octanol–water partition coefficient (Wildman–Crippen LogP) is 4.66. The molecule has 1 aromatic heterocycles. The van der Waals surface area contributed by atoms with Gasteiger partial charge in [-0.15, -0.1) is 0 Å². The minimum atomic E-state index is -0.150. The molecule has 5 nitrogen and oxygen atoms in total. The van der Waals surface area contributed by atoms with Crippen molar-refractivity contribution in [2.24, 2.45) is 0 Å². The first kappa shape index (κ1) is 18.7. The van der Waals surface area contributed by atoms with E-state index in [1.165, 1.54) is 6.20 Å². The second kappa shape index (κ2) is 8.10. The number of nitrogens with zero attached hydrogens (tertiary/aromatic N) is 1. The van der Waals surface area contributed by atoms with Gasteiger partial charge in [0, 0.05) is 17.3 Å². The largest absolute Gasteiger partial charge is 0.493 e. The van der Waals surface area contributed by atoms with Crippen LogP contribution in [0.5, 0.6) is 17.2 Å². The van der Waals surface area contributed by atoms with E-state index in [0.29, 0.717) is 33.5 Å². The van der Waals surface area contributed by atoms with Crippen molar-refractivity contribution in [1.82, 2.24) is 4.98 Å². The third kappa shape index (κ3) is 3.73. The first-order chi connectivity index (χ1) is 13.1. The Morgan fingerprint density at radius 1 is 0.926 bits per heavy atom. The zero-order valence-electron chi connectivity index (χ0n) is 15.2. The van der Waals surface area contributed by atoms with E-state index in [2.05, 4.69) is 4.98 Å². The van der Waals surface area contributed by atoms with Crippen molar-refractivity contribution in [3.63, 3.8) is 0 Å². The van der Waals surface area contributed by atoms with Crippen LogP contribution in [0, 0.1) is 0 Å². The van der Waals surface area contributed by atoms with Gasteiger partial charge in [-0.05, 0) is 35.4 Å². The Labute approximate surface area is 162 Å². The highest BCUT2D eigenvalue weighted by atomic mass is 35.5. The van der Waals surface area contributed by atoms with Crippen LogP contribution in [-0.2, 0) is 0 Å². The molecule has 3 aromatic rings. The third-order valence-electron chi connectivity index (χ3n) is 4.14. The molecule has 27 heavy (non-hydrogen) atoms. The number of hydrogen-bond acceptors (Lipinski definition) is 5. The minimum Gasteiger partial charge on any atom is -0.493 e. The molecule has 0 saturated heterocycles. The van der Waals surface area contributed by atoms with Crippen LogP contribution in [0.1, 0.15) is 15.9 Å². The Balaban J connectivity index is 2.14. The lowest BCUT2D eigenvalue weighted by Crippen LogP contribution is -2.04. The van der Waals surface area contributed by atoms with Crippen LogP contribution in [0.4, 0.5) is 0 Å². The fourth-order valence-corrected chi connectivity index (χ4v) is 2.95. The van der Waals surface area contributed by atoms with Crippen molar-refractivity contribution in [2.75, 3.05) is 21.3 Å². The van der Waals surface area contributed by atoms with Crippen LogP contribution in [0.25, 0.3) is 11.1 Å². The number of hydrogen-bond donors (Lipinski definition) is 0. The molecule has 0 aliphatic heterocycles. The maximum absolute atomic E-state index is 13.0. The van der Waals surface area contributed by atoms with Crippen LogP contribution in [0.15, 0.2) is 54.7 Å². The van der Waals surface area contributed by atoms with E-state index in [4.69, 9.17) is 25.8 Å². The Bertz CT molecular complexity index is 945. The fraction of sp³-hybridized carbons (Fsp3) is 0.143. The molecule has 2 aromatic carbocycles. The molecule has 138 valence electrons. The van der Waals surface area contributed by atoms with Crippen molar-refractivity contribution < 1.29 is 19.0 Å². The van der Waals surface area contributed by atoms with Gasteiger partial charge >= 0.3 is 0 Å². The average molecular weight is 384 g/mol. The maximum Gasteiger partial charge on any atom is 0.203 e. The van der Waals surface area contributed by atoms with E-state index in [9.17, 15) is 4.79 Å². The van der Waals surface area contributed by atoms with E-state index in [1.54, 1.807) is 39.5 Å². The third-order valence-corrected chi connectivity index (χ3v) is 4.36. The number of carbonyl (C=O) groups excluding carboxylic acids is 1. The number of ether oxygens (including phenoxy) is 3. The number of ketones is 1. The van der Waals surface area contributed by atoms with Crippen LogP contribution < -0.4 is 14.2 Å². The van der Waals surface area contributed by atoms with E-state index in [1.807, 2.05) is 30.3 Å². The van der Waals surface area contributed by atoms with Crippen molar-refractivity contribution >= 4 is 17.4 Å². The molecule has 0 N–H and O–H groups in total. The van der Waals surface area contributed by atoms with Gasteiger partial charge in [0.25, 0.3) is 0 Å². The lowest BCUT2D eigenvalue weighted by molar-refractivity contribution is 0.103. The zero-order valence-corrected chi connectivity index (χ0v) is 15.9. The topological polar surface area (TPSA) is 57.7 Å². The van der Waals surface area contributed by atoms with Gasteiger partial charge in [0.05, 0.1) is 21.3 Å². The molecule has 0 bridgehead atoms. The van der Waals surface area contributed by atoms with Gasteiger partial charge in [0.1, 0.15) is 5.15 Å². The summed E-state index contributed by atoms with van der Waals surface area (Å²) in [6.45, 7) is 0. The van der Waals surface area contributed by atoms with Crippen LogP contribution in [0.2, 0.25) is 5.15 Å². The molecule has 0 atom stereocenters. The summed E-state index contributed by atoms with van der Waals surface area (Å²) in [5.74, 6) is 1.38. The number of rotatable bonds is 6. The van der Waals surface area contributed by atoms with Gasteiger partial charge in [-0.3, -0.25) is 4.79 Å². The van der Waals surface area contributed by atoms with Crippen LogP contribution >= 0.6 is 11.6 Å². The number of methoxy groups -OCH3 is 3. The standard InChI is InChI=1S/C21H18ClNO4/c1-25-17-10-14(11-18(26-2)21(17)27-3)15-6-4-5-7-16(15)20(24)13-8-9-19(22)23-12-13/h4-12H,1-3H3. The molecule has 0 aliphatic carbocycles. The van der Waals surface area contributed by atoms with Gasteiger partial charge in [-0.1, -0.05) is 35.9 Å². The number of carbonyl (C=O) groups is 1. The lowest BCUT2D eigenvalue weighted by atomic mass is 9.94. The highest BCUT2D eigenvalue weighted by molar-refractivity contribution is 6.29. The van der Waals surface area contributed by atoms with Gasteiger partial charge in [0.2, 0.25) is 5.75 Å². The van der Waals surface area contributed by atoms with Crippen molar-refractivity contribution in [2.45, 2.75) is 0 Å². The summed E-state index contributed by atoms with van der Waals surface area (Å²) in [4.78, 5) is 17.0. The van der Waals surface area contributed by atoms with Gasteiger partial charge in [0.15, 0.2) is 17.3 Å². The summed E-state index contributed by atoms with van der Waals surface area (Å²) in [7, 11) is 4.65. The normalized spacial score (nSPS) is 10.4. The van der Waals surface area contributed by atoms with Crippen LogP contribution in [0.3, 0.4) is 0 Å². The Morgan fingerprint density at radius 2 is 1.59 bits per heavy atom. The smallest absolute Gasteiger partial charge is 0.203 e. The highest BCUT2D eigenvalue weighted by Crippen LogP contribution is 2.42. The molecule has 0 aliphatic rings. The Morgan fingerprint density at radius 3 is 2.15 bits per heavy atom. The summed E-state index contributed by atoms with van der Waals surface area (Å²) in [6, 6.07) is 14.2. The summed E-state index contributed by atoms with van der Waals surface area (Å²) in [5.41, 5.74) is 2.52. The van der Waals surface area contributed by atoms with Crippen molar-refractivity contribution in [3.05, 3.63) is 71.0 Å². The molecule has 6 heteroatoms. The summed E-state index contributed by atoms with van der Waals surface area (Å²) >= 11 is 5.82. The molecular weight excluding hydrogens is 366 g/mol. The molecule has 1 heterocycles. The maximum atomic E-state index is 13.0. The summed E-state index contributed by atoms with van der Waals surface area (Å²) < 4.78 is 16.2. The number of benzene rings is 2. The number of pyridine rings is 1. The first-order valence-corrected chi connectivity index (χ1v) is 8.52. The number of halogens is 1. The van der Waals surface area contributed by atoms with E-state index in [0.717, 1.165) is 11.1 Å². The van der Waals surface area contributed by atoms with E-state index < -0.39 is 0 Å². The molecule has 0 amide bonds. The molecule has 0 spiro atoms. The van der Waals surface area contributed by atoms with Crippen molar-refractivity contribution in [1.29, 1.82) is 0 Å². The van der Waals surface area contributed by atoms with Gasteiger partial charge < -0.3 is 14.2 Å². The molecule has 0 unspecified atom stereocenters. The van der Waals surface area contributed by atoms with Gasteiger partial charge in [-0.25, -0.2) is 4.98 Å². The summed E-state index contributed by atoms with van der Waals surface area (Å²) in [6.07, 6.45) is 1.47. The SMILES string of the molecule is COc1cc(-c2ccccc2C(=O)c2ccc(Cl)nc2)cc(OC)c1OC.